The molecule has 0 spiro atoms. The molecule has 7 heteroatoms. The summed E-state index contributed by atoms with van der Waals surface area (Å²) in [7, 11) is 0. The van der Waals surface area contributed by atoms with E-state index in [1.807, 2.05) is 30.3 Å². The summed E-state index contributed by atoms with van der Waals surface area (Å²) < 4.78 is 0. The number of hydrogen-bond acceptors (Lipinski definition) is 5. The lowest BCUT2D eigenvalue weighted by Gasteiger charge is -2.20. The number of ketones is 1. The van der Waals surface area contributed by atoms with Gasteiger partial charge in [-0.05, 0) is 54.1 Å². The molecule has 28 heavy (non-hydrogen) atoms. The Kier molecular flexibility index (Phi) is 4.90. The van der Waals surface area contributed by atoms with Gasteiger partial charge in [0.05, 0.1) is 16.3 Å². The second-order valence-electron chi connectivity index (χ2n) is 6.09. The lowest BCUT2D eigenvalue weighted by Crippen LogP contribution is -2.02. The number of rotatable bonds is 4. The maximum absolute atomic E-state index is 12.6. The number of carbonyl (C=O) groups is 1. The van der Waals surface area contributed by atoms with Crippen LogP contribution in [0.4, 0.5) is 17.1 Å². The van der Waals surface area contributed by atoms with Gasteiger partial charge in [-0.15, -0.1) is 0 Å². The number of halogens is 1. The first-order valence-corrected chi connectivity index (χ1v) is 9.55. The number of hydrogen-bond donors (Lipinski definition) is 1. The molecule has 1 aliphatic heterocycles. The van der Waals surface area contributed by atoms with Crippen LogP contribution in [0.3, 0.4) is 0 Å². The topological polar surface area (TPSA) is 72.2 Å². The molecular formula is C21H13ClN2O3S. The van der Waals surface area contributed by atoms with Crippen LogP contribution in [0.2, 0.25) is 5.02 Å². The lowest BCUT2D eigenvalue weighted by atomic mass is 10.1. The fourth-order valence-corrected chi connectivity index (χ4v) is 3.98. The molecule has 0 amide bonds. The van der Waals surface area contributed by atoms with Crippen molar-refractivity contribution >= 4 is 52.3 Å². The summed E-state index contributed by atoms with van der Waals surface area (Å²) in [4.78, 5) is 25.2. The second-order valence-corrected chi connectivity index (χ2v) is 7.59. The summed E-state index contributed by atoms with van der Waals surface area (Å²) in [5, 5.41) is 14.6. The summed E-state index contributed by atoms with van der Waals surface area (Å²) in [5.74, 6) is -0.212. The molecule has 0 atom stereocenters. The lowest BCUT2D eigenvalue weighted by molar-refractivity contribution is -0.384. The molecule has 5 nitrogen and oxygen atoms in total. The van der Waals surface area contributed by atoms with E-state index in [4.69, 9.17) is 11.6 Å². The summed E-state index contributed by atoms with van der Waals surface area (Å²) in [5.41, 5.74) is 2.74. The molecule has 4 rings (SSSR count). The number of benzene rings is 3. The molecule has 0 aliphatic carbocycles. The van der Waals surface area contributed by atoms with Crippen LogP contribution in [0.25, 0.3) is 6.08 Å². The second kappa shape index (κ2) is 7.50. The summed E-state index contributed by atoms with van der Waals surface area (Å²) in [6, 6.07) is 17.6. The van der Waals surface area contributed by atoms with Crippen molar-refractivity contribution in [2.24, 2.45) is 0 Å². The zero-order valence-corrected chi connectivity index (χ0v) is 16.0. The predicted octanol–water partition coefficient (Wildman–Crippen LogP) is 6.35. The number of fused-ring (bicyclic) bond motifs is 2. The summed E-state index contributed by atoms with van der Waals surface area (Å²) in [6.45, 7) is 0. The van der Waals surface area contributed by atoms with E-state index in [0.29, 0.717) is 16.1 Å². The highest BCUT2D eigenvalue weighted by Gasteiger charge is 2.16. The zero-order chi connectivity index (χ0) is 19.7. The highest BCUT2D eigenvalue weighted by Crippen LogP contribution is 2.44. The SMILES string of the molecule is O=C(/C=C/c1cc([N+](=O)[O-])ccc1Cl)c1ccc2c(c1)Nc1ccccc1S2. The van der Waals surface area contributed by atoms with Crippen molar-refractivity contribution in [3.05, 3.63) is 93.0 Å². The molecule has 0 saturated carbocycles. The Morgan fingerprint density at radius 2 is 1.82 bits per heavy atom. The van der Waals surface area contributed by atoms with Crippen LogP contribution in [0.5, 0.6) is 0 Å². The predicted molar refractivity (Wildman–Crippen MR) is 112 cm³/mol. The van der Waals surface area contributed by atoms with Gasteiger partial charge in [-0.2, -0.15) is 0 Å². The quantitative estimate of drug-likeness (QED) is 0.184. The first-order chi connectivity index (χ1) is 13.5. The van der Waals surface area contributed by atoms with Crippen LogP contribution >= 0.6 is 23.4 Å². The Hall–Kier alpha value is -3.09. The van der Waals surface area contributed by atoms with Crippen LogP contribution in [0.1, 0.15) is 15.9 Å². The third kappa shape index (κ3) is 3.65. The van der Waals surface area contributed by atoms with Crippen molar-refractivity contribution in [3.63, 3.8) is 0 Å². The molecule has 0 fully saturated rings. The van der Waals surface area contributed by atoms with Crippen molar-refractivity contribution in [3.8, 4) is 0 Å². The van der Waals surface area contributed by atoms with Gasteiger partial charge in [-0.25, -0.2) is 0 Å². The minimum Gasteiger partial charge on any atom is -0.354 e. The molecule has 0 unspecified atom stereocenters. The van der Waals surface area contributed by atoms with Gasteiger partial charge in [0.2, 0.25) is 0 Å². The number of para-hydroxylation sites is 1. The zero-order valence-electron chi connectivity index (χ0n) is 14.4. The molecule has 0 saturated heterocycles. The highest BCUT2D eigenvalue weighted by atomic mass is 35.5. The normalized spacial score (nSPS) is 12.2. The van der Waals surface area contributed by atoms with E-state index in [1.165, 1.54) is 30.4 Å². The molecule has 0 bridgehead atoms. The van der Waals surface area contributed by atoms with Crippen molar-refractivity contribution in [1.82, 2.24) is 0 Å². The average Bonchev–Trinajstić information content (AvgIpc) is 2.70. The summed E-state index contributed by atoms with van der Waals surface area (Å²) >= 11 is 7.72. The molecule has 0 aromatic heterocycles. The highest BCUT2D eigenvalue weighted by molar-refractivity contribution is 7.99. The number of carbonyl (C=O) groups excluding carboxylic acids is 1. The number of anilines is 2. The van der Waals surface area contributed by atoms with Gasteiger partial charge in [0.15, 0.2) is 5.78 Å². The van der Waals surface area contributed by atoms with Crippen molar-refractivity contribution < 1.29 is 9.72 Å². The standard InChI is InChI=1S/C21H13ClN2O3S/c22-16-8-7-15(24(26)27)11-13(16)5-9-19(25)14-6-10-21-18(12-14)23-17-3-1-2-4-20(17)28-21/h1-12,23H/b9-5+. The minimum absolute atomic E-state index is 0.0785. The van der Waals surface area contributed by atoms with Crippen LogP contribution in [-0.2, 0) is 0 Å². The maximum Gasteiger partial charge on any atom is 0.270 e. The molecule has 3 aromatic rings. The van der Waals surface area contributed by atoms with Crippen molar-refractivity contribution in [2.45, 2.75) is 9.79 Å². The van der Waals surface area contributed by atoms with E-state index in [9.17, 15) is 14.9 Å². The van der Waals surface area contributed by atoms with Gasteiger partial charge < -0.3 is 5.32 Å². The smallest absolute Gasteiger partial charge is 0.270 e. The Balaban J connectivity index is 1.58. The van der Waals surface area contributed by atoms with Gasteiger partial charge in [-0.1, -0.05) is 35.5 Å². The largest absolute Gasteiger partial charge is 0.354 e. The monoisotopic (exact) mass is 408 g/mol. The van der Waals surface area contributed by atoms with Gasteiger partial charge >= 0.3 is 0 Å². The molecule has 1 aliphatic rings. The number of nitrogens with one attached hydrogen (secondary N) is 1. The van der Waals surface area contributed by atoms with E-state index >= 15 is 0 Å². The Morgan fingerprint density at radius 1 is 1.04 bits per heavy atom. The first-order valence-electron chi connectivity index (χ1n) is 8.35. The number of nitro groups is 1. The summed E-state index contributed by atoms with van der Waals surface area (Å²) in [6.07, 6.45) is 2.87. The molecule has 3 aromatic carbocycles. The van der Waals surface area contributed by atoms with E-state index < -0.39 is 4.92 Å². The van der Waals surface area contributed by atoms with Gasteiger partial charge in [0.25, 0.3) is 5.69 Å². The van der Waals surface area contributed by atoms with Crippen molar-refractivity contribution in [2.75, 3.05) is 5.32 Å². The van der Waals surface area contributed by atoms with E-state index in [1.54, 1.807) is 23.9 Å². The minimum atomic E-state index is -0.500. The van der Waals surface area contributed by atoms with Crippen LogP contribution in [-0.4, -0.2) is 10.7 Å². The fraction of sp³-hybridized carbons (Fsp3) is 0. The number of nitro benzene ring substituents is 1. The van der Waals surface area contributed by atoms with E-state index in [-0.39, 0.29) is 11.5 Å². The van der Waals surface area contributed by atoms with Gasteiger partial charge in [-0.3, -0.25) is 14.9 Å². The number of allylic oxidation sites excluding steroid dienone is 1. The molecule has 138 valence electrons. The first kappa shape index (κ1) is 18.3. The van der Waals surface area contributed by atoms with Crippen LogP contribution < -0.4 is 5.32 Å². The van der Waals surface area contributed by atoms with Crippen molar-refractivity contribution in [1.29, 1.82) is 0 Å². The van der Waals surface area contributed by atoms with Gasteiger partial charge in [0, 0.05) is 32.5 Å². The fourth-order valence-electron chi connectivity index (χ4n) is 2.83. The number of non-ortho nitro benzene ring substituents is 1. The molecule has 1 N–H and O–H groups in total. The molecular weight excluding hydrogens is 396 g/mol. The number of nitrogens with zero attached hydrogens (tertiary/aromatic N) is 1. The molecule has 0 radical (unpaired) electrons. The molecule has 1 heterocycles. The van der Waals surface area contributed by atoms with E-state index in [0.717, 1.165) is 21.2 Å². The Labute approximate surface area is 170 Å². The van der Waals surface area contributed by atoms with Crippen LogP contribution in [0, 0.1) is 10.1 Å². The maximum atomic E-state index is 12.6. The Morgan fingerprint density at radius 3 is 2.64 bits per heavy atom. The third-order valence-electron chi connectivity index (χ3n) is 4.25. The van der Waals surface area contributed by atoms with Crippen LogP contribution in [0.15, 0.2) is 76.5 Å². The van der Waals surface area contributed by atoms with Gasteiger partial charge in [0.1, 0.15) is 0 Å². The average molecular weight is 409 g/mol. The van der Waals surface area contributed by atoms with E-state index in [2.05, 4.69) is 5.32 Å². The third-order valence-corrected chi connectivity index (χ3v) is 5.74. The Bertz CT molecular complexity index is 1140.